The molecule has 6 heteroatoms. The molecule has 4 nitrogen and oxygen atoms in total. The first-order valence-corrected chi connectivity index (χ1v) is 9.38. The van der Waals surface area contributed by atoms with Crippen molar-refractivity contribution in [2.75, 3.05) is 43.3 Å². The van der Waals surface area contributed by atoms with Gasteiger partial charge in [-0.2, -0.15) is 0 Å². The Morgan fingerprint density at radius 2 is 1.40 bits per heavy atom. The number of benzene rings is 1. The third-order valence-electron chi connectivity index (χ3n) is 2.93. The summed E-state index contributed by atoms with van der Waals surface area (Å²) in [6.45, 7) is 3.06. The fourth-order valence-electron chi connectivity index (χ4n) is 1.99. The highest BCUT2D eigenvalue weighted by atomic mass is 127. The zero-order valence-electron chi connectivity index (χ0n) is 12.1. The van der Waals surface area contributed by atoms with Crippen molar-refractivity contribution in [3.05, 3.63) is 17.7 Å². The molecule has 1 aromatic carbocycles. The second-order valence-electron chi connectivity index (χ2n) is 4.19. The van der Waals surface area contributed by atoms with Gasteiger partial charge in [-0.25, -0.2) is 0 Å². The van der Waals surface area contributed by atoms with Crippen LogP contribution in [0.1, 0.15) is 5.56 Å². The topological polar surface area (TPSA) is 30.9 Å². The molecular weight excluding hydrogens is 484 g/mol. The number of methoxy groups -OCH3 is 3. The molecule has 0 fully saturated rings. The van der Waals surface area contributed by atoms with Gasteiger partial charge in [-0.05, 0) is 17.7 Å². The maximum Gasteiger partial charge on any atom is 0.203 e. The predicted molar refractivity (Wildman–Crippen MR) is 99.1 cm³/mol. The zero-order chi connectivity index (χ0) is 15.0. The van der Waals surface area contributed by atoms with E-state index in [-0.39, 0.29) is 0 Å². The van der Waals surface area contributed by atoms with Gasteiger partial charge in [0.25, 0.3) is 0 Å². The molecule has 1 rings (SSSR count). The maximum absolute atomic E-state index is 5.39. The molecular formula is C14H21I2NO3. The molecule has 0 amide bonds. The van der Waals surface area contributed by atoms with Crippen LogP contribution in [0, 0.1) is 0 Å². The van der Waals surface area contributed by atoms with Gasteiger partial charge in [-0.1, -0.05) is 45.2 Å². The van der Waals surface area contributed by atoms with Crippen LogP contribution in [0.2, 0.25) is 0 Å². The Bertz CT molecular complexity index is 384. The lowest BCUT2D eigenvalue weighted by Crippen LogP contribution is -2.27. The molecule has 0 aliphatic carbocycles. The highest BCUT2D eigenvalue weighted by Gasteiger charge is 2.14. The van der Waals surface area contributed by atoms with Crippen molar-refractivity contribution >= 4 is 45.2 Å². The van der Waals surface area contributed by atoms with Crippen molar-refractivity contribution in [1.82, 2.24) is 4.90 Å². The standard InChI is InChI=1S/C14H21I2NO3/c1-18-12-8-11(9-13(19-2)14(12)20-3)10-17(6-4-15)7-5-16/h8-9H,4-7,10H2,1-3H3. The van der Waals surface area contributed by atoms with Crippen LogP contribution in [0.5, 0.6) is 17.2 Å². The Labute approximate surface area is 148 Å². The molecule has 0 saturated heterocycles. The lowest BCUT2D eigenvalue weighted by molar-refractivity contribution is 0.298. The van der Waals surface area contributed by atoms with Crippen molar-refractivity contribution in [3.8, 4) is 17.2 Å². The largest absolute Gasteiger partial charge is 0.493 e. The van der Waals surface area contributed by atoms with Gasteiger partial charge in [0.2, 0.25) is 5.75 Å². The minimum Gasteiger partial charge on any atom is -0.493 e. The second kappa shape index (κ2) is 9.88. The van der Waals surface area contributed by atoms with Gasteiger partial charge in [-0.3, -0.25) is 4.90 Å². The molecule has 0 atom stereocenters. The summed E-state index contributed by atoms with van der Waals surface area (Å²) in [5, 5.41) is 0. The fraction of sp³-hybridized carbons (Fsp3) is 0.571. The zero-order valence-corrected chi connectivity index (χ0v) is 16.4. The monoisotopic (exact) mass is 505 g/mol. The number of alkyl halides is 2. The lowest BCUT2D eigenvalue weighted by Gasteiger charge is -2.21. The summed E-state index contributed by atoms with van der Waals surface area (Å²) in [5.41, 5.74) is 1.18. The third kappa shape index (κ3) is 5.10. The highest BCUT2D eigenvalue weighted by Crippen LogP contribution is 2.38. The van der Waals surface area contributed by atoms with Crippen molar-refractivity contribution < 1.29 is 14.2 Å². The lowest BCUT2D eigenvalue weighted by atomic mass is 10.1. The van der Waals surface area contributed by atoms with E-state index in [4.69, 9.17) is 14.2 Å². The summed E-state index contributed by atoms with van der Waals surface area (Å²) in [7, 11) is 4.92. The molecule has 1 aromatic rings. The molecule has 0 N–H and O–H groups in total. The Balaban J connectivity index is 2.99. The minimum absolute atomic E-state index is 0.646. The van der Waals surface area contributed by atoms with Crippen molar-refractivity contribution in [2.24, 2.45) is 0 Å². The van der Waals surface area contributed by atoms with E-state index in [0.29, 0.717) is 17.2 Å². The van der Waals surface area contributed by atoms with Crippen LogP contribution < -0.4 is 14.2 Å². The smallest absolute Gasteiger partial charge is 0.203 e. The van der Waals surface area contributed by atoms with Crippen LogP contribution in [-0.2, 0) is 6.54 Å². The van der Waals surface area contributed by atoms with Gasteiger partial charge in [0.05, 0.1) is 21.3 Å². The average molecular weight is 505 g/mol. The van der Waals surface area contributed by atoms with Crippen LogP contribution in [0.25, 0.3) is 0 Å². The van der Waals surface area contributed by atoms with Crippen LogP contribution in [0.4, 0.5) is 0 Å². The Kier molecular flexibility index (Phi) is 8.94. The molecule has 0 saturated carbocycles. The first-order chi connectivity index (χ1) is 9.69. The molecule has 0 aromatic heterocycles. The number of ether oxygens (including phenoxy) is 3. The van der Waals surface area contributed by atoms with Crippen LogP contribution >= 0.6 is 45.2 Å². The Morgan fingerprint density at radius 1 is 0.900 bits per heavy atom. The van der Waals surface area contributed by atoms with Crippen LogP contribution in [0.15, 0.2) is 12.1 Å². The molecule has 0 spiro atoms. The summed E-state index contributed by atoms with van der Waals surface area (Å²) in [6.07, 6.45) is 0. The van der Waals surface area contributed by atoms with Gasteiger partial charge in [0.15, 0.2) is 11.5 Å². The van der Waals surface area contributed by atoms with E-state index in [1.165, 1.54) is 5.56 Å². The van der Waals surface area contributed by atoms with Gasteiger partial charge in [0, 0.05) is 28.5 Å². The van der Waals surface area contributed by atoms with Gasteiger partial charge in [-0.15, -0.1) is 0 Å². The molecule has 114 valence electrons. The van der Waals surface area contributed by atoms with Crippen LogP contribution in [0.3, 0.4) is 0 Å². The van der Waals surface area contributed by atoms with E-state index in [9.17, 15) is 0 Å². The van der Waals surface area contributed by atoms with Crippen molar-refractivity contribution in [3.63, 3.8) is 0 Å². The van der Waals surface area contributed by atoms with E-state index in [2.05, 4.69) is 50.1 Å². The number of halogens is 2. The molecule has 0 aliphatic rings. The molecule has 0 bridgehead atoms. The maximum atomic E-state index is 5.39. The SMILES string of the molecule is COc1cc(CN(CCI)CCI)cc(OC)c1OC. The Morgan fingerprint density at radius 3 is 1.75 bits per heavy atom. The quantitative estimate of drug-likeness (QED) is 0.381. The number of nitrogens with zero attached hydrogens (tertiary/aromatic N) is 1. The first-order valence-electron chi connectivity index (χ1n) is 6.33. The summed E-state index contributed by atoms with van der Waals surface area (Å²) in [5.74, 6) is 2.07. The van der Waals surface area contributed by atoms with Crippen molar-refractivity contribution in [1.29, 1.82) is 0 Å². The van der Waals surface area contributed by atoms with E-state index in [0.717, 1.165) is 28.5 Å². The van der Waals surface area contributed by atoms with Gasteiger partial charge < -0.3 is 14.2 Å². The second-order valence-corrected chi connectivity index (χ2v) is 6.35. The molecule has 0 unspecified atom stereocenters. The van der Waals surface area contributed by atoms with Gasteiger partial charge >= 0.3 is 0 Å². The Hall–Kier alpha value is 0.0400. The van der Waals surface area contributed by atoms with Crippen LogP contribution in [-0.4, -0.2) is 48.2 Å². The number of hydrogen-bond acceptors (Lipinski definition) is 4. The summed E-state index contributed by atoms with van der Waals surface area (Å²) < 4.78 is 18.4. The van der Waals surface area contributed by atoms with E-state index >= 15 is 0 Å². The molecule has 20 heavy (non-hydrogen) atoms. The molecule has 0 radical (unpaired) electrons. The van der Waals surface area contributed by atoms with E-state index in [1.54, 1.807) is 21.3 Å². The van der Waals surface area contributed by atoms with Gasteiger partial charge in [0.1, 0.15) is 0 Å². The van der Waals surface area contributed by atoms with E-state index < -0.39 is 0 Å². The predicted octanol–water partition coefficient (Wildman–Crippen LogP) is 3.38. The fourth-order valence-corrected chi connectivity index (χ4v) is 3.36. The first kappa shape index (κ1) is 18.1. The normalized spacial score (nSPS) is 10.7. The third-order valence-corrected chi connectivity index (χ3v) is 3.90. The highest BCUT2D eigenvalue weighted by molar-refractivity contribution is 14.1. The van der Waals surface area contributed by atoms with E-state index in [1.807, 2.05) is 12.1 Å². The summed E-state index contributed by atoms with van der Waals surface area (Å²) in [6, 6.07) is 4.05. The number of hydrogen-bond donors (Lipinski definition) is 0. The molecule has 0 aliphatic heterocycles. The minimum atomic E-state index is 0.646. The summed E-state index contributed by atoms with van der Waals surface area (Å²) >= 11 is 4.82. The molecule has 0 heterocycles. The van der Waals surface area contributed by atoms with Crippen molar-refractivity contribution in [2.45, 2.75) is 6.54 Å². The summed E-state index contributed by atoms with van der Waals surface area (Å²) in [4.78, 5) is 2.43. The number of rotatable bonds is 9. The average Bonchev–Trinajstić information content (AvgIpc) is 2.46.